The van der Waals surface area contributed by atoms with Crippen LogP contribution in [-0.4, -0.2) is 20.4 Å². The monoisotopic (exact) mass is 390 g/mol. The summed E-state index contributed by atoms with van der Waals surface area (Å²) in [5, 5.41) is 5.04. The molecule has 4 aromatic rings. The number of aryl methyl sites for hydroxylation is 2. The molecule has 0 aliphatic carbocycles. The molecule has 5 nitrogen and oxygen atoms in total. The summed E-state index contributed by atoms with van der Waals surface area (Å²) in [6, 6.07) is 16.0. The third-order valence-corrected chi connectivity index (χ3v) is 5.56. The molecule has 0 spiro atoms. The fourth-order valence-electron chi connectivity index (χ4n) is 3.19. The largest absolute Gasteiger partial charge is 0.326 e. The van der Waals surface area contributed by atoms with Crippen LogP contribution in [0.25, 0.3) is 11.2 Å². The number of carbonyl (C=O) groups is 1. The van der Waals surface area contributed by atoms with Crippen LogP contribution in [0.1, 0.15) is 29.6 Å². The average Bonchev–Trinajstić information content (AvgIpc) is 3.36. The van der Waals surface area contributed by atoms with Gasteiger partial charge in [0.05, 0.1) is 6.54 Å². The Morgan fingerprint density at radius 2 is 2.00 bits per heavy atom. The Morgan fingerprint density at radius 1 is 1.14 bits per heavy atom. The second-order valence-electron chi connectivity index (χ2n) is 6.64. The Hall–Kier alpha value is -2.99. The van der Waals surface area contributed by atoms with Gasteiger partial charge in [0.2, 0.25) is 5.91 Å². The lowest BCUT2D eigenvalue weighted by Crippen LogP contribution is -2.14. The number of nitrogens with zero attached hydrogens (tertiary/aromatic N) is 3. The minimum absolute atomic E-state index is 0.00747. The van der Waals surface area contributed by atoms with Crippen LogP contribution in [0.15, 0.2) is 60.1 Å². The van der Waals surface area contributed by atoms with Crippen molar-refractivity contribution in [2.45, 2.75) is 32.7 Å². The van der Waals surface area contributed by atoms with Crippen molar-refractivity contribution in [3.05, 3.63) is 76.4 Å². The summed E-state index contributed by atoms with van der Waals surface area (Å²) in [5.74, 6) is 0.880. The molecule has 4 rings (SSSR count). The maximum absolute atomic E-state index is 12.4. The van der Waals surface area contributed by atoms with E-state index in [0.29, 0.717) is 12.8 Å². The van der Waals surface area contributed by atoms with Gasteiger partial charge < -0.3 is 9.88 Å². The van der Waals surface area contributed by atoms with Crippen LogP contribution >= 0.6 is 11.3 Å². The normalized spacial score (nSPS) is 11.0. The molecule has 0 aliphatic heterocycles. The lowest BCUT2D eigenvalue weighted by atomic mass is 10.1. The van der Waals surface area contributed by atoms with Crippen molar-refractivity contribution >= 4 is 34.1 Å². The van der Waals surface area contributed by atoms with Gasteiger partial charge in [-0.3, -0.25) is 4.79 Å². The van der Waals surface area contributed by atoms with E-state index in [9.17, 15) is 4.79 Å². The van der Waals surface area contributed by atoms with Crippen LogP contribution in [0, 0.1) is 0 Å². The molecule has 0 saturated carbocycles. The number of pyridine rings is 1. The second-order valence-corrected chi connectivity index (χ2v) is 7.67. The number of rotatable bonds is 7. The summed E-state index contributed by atoms with van der Waals surface area (Å²) in [5.41, 5.74) is 3.81. The smallest absolute Gasteiger partial charge is 0.224 e. The molecule has 1 N–H and O–H groups in total. The van der Waals surface area contributed by atoms with Gasteiger partial charge in [-0.1, -0.05) is 25.1 Å². The average molecular weight is 391 g/mol. The minimum atomic E-state index is -0.00747. The number of imidazole rings is 1. The van der Waals surface area contributed by atoms with Crippen LogP contribution in [0.3, 0.4) is 0 Å². The van der Waals surface area contributed by atoms with Crippen molar-refractivity contribution in [3.8, 4) is 0 Å². The van der Waals surface area contributed by atoms with Crippen LogP contribution in [0.4, 0.5) is 5.69 Å². The first-order valence-electron chi connectivity index (χ1n) is 9.44. The first-order chi connectivity index (χ1) is 13.7. The lowest BCUT2D eigenvalue weighted by molar-refractivity contribution is -0.116. The molecule has 0 saturated heterocycles. The molecular weight excluding hydrogens is 368 g/mol. The Labute approximate surface area is 168 Å². The number of fused-ring (bicyclic) bond motifs is 1. The van der Waals surface area contributed by atoms with Gasteiger partial charge in [0.15, 0.2) is 5.65 Å². The SMILES string of the molecule is CCc1ccc(NC(=O)CCc2nc3cccnc3n2Cc2cccs2)cc1. The standard InChI is InChI=1S/C22H22N4OS/c1-2-16-7-9-17(10-8-16)24-21(27)12-11-20-25-19-6-3-13-23-22(19)26(20)15-18-5-4-14-28-18/h3-10,13-14H,2,11-12,15H2,1H3,(H,24,27). The highest BCUT2D eigenvalue weighted by molar-refractivity contribution is 7.09. The van der Waals surface area contributed by atoms with Gasteiger partial charge in [-0.05, 0) is 47.7 Å². The van der Waals surface area contributed by atoms with Crippen LogP contribution < -0.4 is 5.32 Å². The van der Waals surface area contributed by atoms with E-state index in [4.69, 9.17) is 4.98 Å². The van der Waals surface area contributed by atoms with Crippen LogP contribution in [0.5, 0.6) is 0 Å². The number of benzene rings is 1. The summed E-state index contributed by atoms with van der Waals surface area (Å²) < 4.78 is 2.12. The van der Waals surface area contributed by atoms with E-state index in [0.717, 1.165) is 35.6 Å². The molecule has 0 fully saturated rings. The topological polar surface area (TPSA) is 59.8 Å². The highest BCUT2D eigenvalue weighted by Crippen LogP contribution is 2.19. The number of nitrogens with one attached hydrogen (secondary N) is 1. The van der Waals surface area contributed by atoms with Crippen molar-refractivity contribution in [2.75, 3.05) is 5.32 Å². The summed E-state index contributed by atoms with van der Waals surface area (Å²) in [6.45, 7) is 2.84. The van der Waals surface area contributed by atoms with Crippen molar-refractivity contribution in [2.24, 2.45) is 0 Å². The Bertz CT molecular complexity index is 1070. The Kier molecular flexibility index (Phi) is 5.48. The molecule has 1 aromatic carbocycles. The van der Waals surface area contributed by atoms with Crippen molar-refractivity contribution in [3.63, 3.8) is 0 Å². The number of aromatic nitrogens is 3. The summed E-state index contributed by atoms with van der Waals surface area (Å²) in [7, 11) is 0. The minimum Gasteiger partial charge on any atom is -0.326 e. The maximum atomic E-state index is 12.4. The predicted octanol–water partition coefficient (Wildman–Crippen LogP) is 4.67. The molecule has 3 heterocycles. The van der Waals surface area contributed by atoms with E-state index in [-0.39, 0.29) is 5.91 Å². The van der Waals surface area contributed by atoms with E-state index < -0.39 is 0 Å². The van der Waals surface area contributed by atoms with Crippen LogP contribution in [0.2, 0.25) is 0 Å². The van der Waals surface area contributed by atoms with E-state index in [1.807, 2.05) is 42.5 Å². The van der Waals surface area contributed by atoms with Gasteiger partial charge >= 0.3 is 0 Å². The third-order valence-electron chi connectivity index (χ3n) is 4.70. The van der Waals surface area contributed by atoms with Crippen molar-refractivity contribution < 1.29 is 4.79 Å². The van der Waals surface area contributed by atoms with Crippen molar-refractivity contribution in [1.29, 1.82) is 0 Å². The van der Waals surface area contributed by atoms with Gasteiger partial charge in [0.1, 0.15) is 11.3 Å². The van der Waals surface area contributed by atoms with Gasteiger partial charge in [-0.15, -0.1) is 11.3 Å². The zero-order valence-electron chi connectivity index (χ0n) is 15.8. The Morgan fingerprint density at radius 3 is 2.75 bits per heavy atom. The van der Waals surface area contributed by atoms with Crippen LogP contribution in [-0.2, 0) is 24.2 Å². The molecule has 0 bridgehead atoms. The highest BCUT2D eigenvalue weighted by atomic mass is 32.1. The van der Waals surface area contributed by atoms with E-state index in [1.165, 1.54) is 10.4 Å². The van der Waals surface area contributed by atoms with Gasteiger partial charge in [-0.25, -0.2) is 9.97 Å². The molecule has 6 heteroatoms. The third kappa shape index (κ3) is 4.12. The number of hydrogen-bond acceptors (Lipinski definition) is 4. The predicted molar refractivity (Wildman–Crippen MR) is 114 cm³/mol. The first-order valence-corrected chi connectivity index (χ1v) is 10.3. The lowest BCUT2D eigenvalue weighted by Gasteiger charge is -2.08. The molecule has 0 radical (unpaired) electrons. The number of hydrogen-bond donors (Lipinski definition) is 1. The van der Waals surface area contributed by atoms with Crippen molar-refractivity contribution in [1.82, 2.24) is 14.5 Å². The molecule has 0 unspecified atom stereocenters. The van der Waals surface area contributed by atoms with Gasteiger partial charge in [-0.2, -0.15) is 0 Å². The fraction of sp³-hybridized carbons (Fsp3) is 0.227. The maximum Gasteiger partial charge on any atom is 0.224 e. The van der Waals surface area contributed by atoms with Gasteiger partial charge in [0.25, 0.3) is 0 Å². The molecule has 28 heavy (non-hydrogen) atoms. The quantitative estimate of drug-likeness (QED) is 0.499. The van der Waals surface area contributed by atoms with E-state index in [1.54, 1.807) is 17.5 Å². The van der Waals surface area contributed by atoms with Gasteiger partial charge in [0, 0.05) is 29.6 Å². The zero-order chi connectivity index (χ0) is 19.3. The summed E-state index contributed by atoms with van der Waals surface area (Å²) >= 11 is 1.71. The van der Waals surface area contributed by atoms with E-state index in [2.05, 4.69) is 33.2 Å². The number of amides is 1. The summed E-state index contributed by atoms with van der Waals surface area (Å²) in [4.78, 5) is 22.9. The molecular formula is C22H22N4OS. The number of carbonyl (C=O) groups excluding carboxylic acids is 1. The first kappa shape index (κ1) is 18.4. The Balaban J connectivity index is 1.48. The molecule has 142 valence electrons. The molecule has 1 amide bonds. The van der Waals surface area contributed by atoms with E-state index >= 15 is 0 Å². The summed E-state index contributed by atoms with van der Waals surface area (Å²) in [6.07, 6.45) is 3.72. The molecule has 0 aliphatic rings. The second kappa shape index (κ2) is 8.35. The zero-order valence-corrected chi connectivity index (χ0v) is 16.6. The highest BCUT2D eigenvalue weighted by Gasteiger charge is 2.14. The molecule has 3 aromatic heterocycles. The fourth-order valence-corrected chi connectivity index (χ4v) is 3.89. The number of thiophene rings is 1. The molecule has 0 atom stereocenters. The number of anilines is 1.